The summed E-state index contributed by atoms with van der Waals surface area (Å²) in [4.78, 5) is 0. The molecule has 6 heteroatoms. The van der Waals surface area contributed by atoms with Crippen LogP contribution in [0.25, 0.3) is 0 Å². The van der Waals surface area contributed by atoms with E-state index in [1.807, 2.05) is 0 Å². The number of aromatic nitrogens is 2. The van der Waals surface area contributed by atoms with E-state index < -0.39 is 18.0 Å². The molecule has 3 nitrogen and oxygen atoms in total. The predicted octanol–water partition coefficient (Wildman–Crippen LogP) is 1.77. The van der Waals surface area contributed by atoms with Crippen LogP contribution in [0.4, 0.5) is 13.2 Å². The van der Waals surface area contributed by atoms with Crippen LogP contribution in [-0.4, -0.2) is 21.0 Å². The van der Waals surface area contributed by atoms with Gasteiger partial charge >= 0.3 is 6.18 Å². The van der Waals surface area contributed by atoms with Gasteiger partial charge < -0.3 is 5.11 Å². The maximum absolute atomic E-state index is 12.7. The lowest BCUT2D eigenvalue weighted by Crippen LogP contribution is -2.21. The number of alkyl halides is 3. The number of rotatable bonds is 1. The minimum Gasteiger partial charge on any atom is -0.393 e. The molecule has 0 bridgehead atoms. The van der Waals surface area contributed by atoms with Gasteiger partial charge in [0.1, 0.15) is 0 Å². The van der Waals surface area contributed by atoms with E-state index in [1.165, 1.54) is 4.68 Å². The second-order valence-corrected chi connectivity index (χ2v) is 3.98. The zero-order chi connectivity index (χ0) is 11.9. The number of hydrogen-bond donors (Lipinski definition) is 1. The molecular weight excluding hydrogens is 221 g/mol. The van der Waals surface area contributed by atoms with Crippen molar-refractivity contribution in [2.45, 2.75) is 45.0 Å². The second kappa shape index (κ2) is 3.76. The highest BCUT2D eigenvalue weighted by atomic mass is 19.4. The first-order valence-corrected chi connectivity index (χ1v) is 5.27. The first-order valence-electron chi connectivity index (χ1n) is 5.27. The number of hydrogen-bond acceptors (Lipinski definition) is 2. The SMILES string of the molecule is CCn1nc(C(F)(F)F)c2c1CCC(O)C2. The molecule has 0 amide bonds. The molecule has 1 N–H and O–H groups in total. The van der Waals surface area contributed by atoms with Crippen molar-refractivity contribution in [2.24, 2.45) is 0 Å². The highest BCUT2D eigenvalue weighted by Crippen LogP contribution is 2.35. The van der Waals surface area contributed by atoms with E-state index in [2.05, 4.69) is 5.10 Å². The van der Waals surface area contributed by atoms with Gasteiger partial charge in [0, 0.05) is 24.2 Å². The predicted molar refractivity (Wildman–Crippen MR) is 50.9 cm³/mol. The molecule has 1 atom stereocenters. The molecule has 1 aliphatic rings. The Bertz CT molecular complexity index is 398. The van der Waals surface area contributed by atoms with E-state index >= 15 is 0 Å². The van der Waals surface area contributed by atoms with E-state index in [1.54, 1.807) is 6.92 Å². The summed E-state index contributed by atoms with van der Waals surface area (Å²) in [5.41, 5.74) is -0.0312. The third-order valence-corrected chi connectivity index (χ3v) is 2.89. The van der Waals surface area contributed by atoms with Gasteiger partial charge in [-0.1, -0.05) is 0 Å². The fraction of sp³-hybridized carbons (Fsp3) is 0.700. The highest BCUT2D eigenvalue weighted by Gasteiger charge is 2.40. The molecule has 0 fully saturated rings. The maximum atomic E-state index is 12.7. The van der Waals surface area contributed by atoms with Gasteiger partial charge in [-0.2, -0.15) is 18.3 Å². The summed E-state index contributed by atoms with van der Waals surface area (Å²) < 4.78 is 39.5. The average molecular weight is 234 g/mol. The molecule has 0 saturated carbocycles. The summed E-state index contributed by atoms with van der Waals surface area (Å²) in [6, 6.07) is 0. The highest BCUT2D eigenvalue weighted by molar-refractivity contribution is 5.31. The number of halogens is 3. The van der Waals surface area contributed by atoms with Crippen molar-refractivity contribution in [1.29, 1.82) is 0 Å². The van der Waals surface area contributed by atoms with Gasteiger partial charge in [-0.3, -0.25) is 4.68 Å². The normalized spacial score (nSPS) is 20.9. The Hall–Kier alpha value is -1.04. The van der Waals surface area contributed by atoms with Crippen molar-refractivity contribution in [2.75, 3.05) is 0 Å². The molecule has 0 aliphatic heterocycles. The summed E-state index contributed by atoms with van der Waals surface area (Å²) in [7, 11) is 0. The van der Waals surface area contributed by atoms with Crippen molar-refractivity contribution in [1.82, 2.24) is 9.78 Å². The van der Waals surface area contributed by atoms with Gasteiger partial charge in [-0.25, -0.2) is 0 Å². The standard InChI is InChI=1S/C10H13F3N2O/c1-2-15-8-4-3-6(16)5-7(8)9(14-15)10(11,12)13/h6,16H,2-5H2,1H3. The van der Waals surface area contributed by atoms with E-state index in [4.69, 9.17) is 0 Å². The van der Waals surface area contributed by atoms with Crippen molar-refractivity contribution in [3.8, 4) is 0 Å². The summed E-state index contributed by atoms with van der Waals surface area (Å²) >= 11 is 0. The largest absolute Gasteiger partial charge is 0.435 e. The Kier molecular flexibility index (Phi) is 2.69. The van der Waals surface area contributed by atoms with Crippen LogP contribution in [0.15, 0.2) is 0 Å². The van der Waals surface area contributed by atoms with E-state index in [0.717, 1.165) is 0 Å². The third kappa shape index (κ3) is 1.81. The first kappa shape index (κ1) is 11.4. The smallest absolute Gasteiger partial charge is 0.393 e. The molecule has 1 unspecified atom stereocenters. The Balaban J connectivity index is 2.51. The Morgan fingerprint density at radius 1 is 1.50 bits per heavy atom. The van der Waals surface area contributed by atoms with Crippen molar-refractivity contribution in [3.05, 3.63) is 17.0 Å². The fourth-order valence-electron chi connectivity index (χ4n) is 2.16. The van der Waals surface area contributed by atoms with Gasteiger partial charge in [0.05, 0.1) is 6.10 Å². The van der Waals surface area contributed by atoms with Gasteiger partial charge in [0.15, 0.2) is 5.69 Å². The molecule has 1 aromatic heterocycles. The molecule has 1 heterocycles. The molecule has 90 valence electrons. The number of aliphatic hydroxyl groups is 1. The molecule has 16 heavy (non-hydrogen) atoms. The molecule has 1 aliphatic carbocycles. The first-order chi connectivity index (χ1) is 7.43. The maximum Gasteiger partial charge on any atom is 0.435 e. The van der Waals surface area contributed by atoms with E-state index in [0.29, 0.717) is 25.1 Å². The Labute approximate surface area is 90.9 Å². The molecule has 0 spiro atoms. The van der Waals surface area contributed by atoms with Crippen molar-refractivity contribution >= 4 is 0 Å². The van der Waals surface area contributed by atoms with Gasteiger partial charge in [-0.05, 0) is 19.8 Å². The number of fused-ring (bicyclic) bond motifs is 1. The average Bonchev–Trinajstić information content (AvgIpc) is 2.54. The van der Waals surface area contributed by atoms with Crippen LogP contribution in [0, 0.1) is 0 Å². The third-order valence-electron chi connectivity index (χ3n) is 2.89. The molecule has 0 radical (unpaired) electrons. The van der Waals surface area contributed by atoms with E-state index in [9.17, 15) is 18.3 Å². The molecule has 1 aromatic rings. The van der Waals surface area contributed by atoms with Crippen molar-refractivity contribution < 1.29 is 18.3 Å². The number of nitrogens with zero attached hydrogens (tertiary/aromatic N) is 2. The lowest BCUT2D eigenvalue weighted by atomic mass is 9.93. The second-order valence-electron chi connectivity index (χ2n) is 3.98. The van der Waals surface area contributed by atoms with Crippen LogP contribution < -0.4 is 0 Å². The Morgan fingerprint density at radius 2 is 2.19 bits per heavy atom. The van der Waals surface area contributed by atoms with Crippen LogP contribution in [0.1, 0.15) is 30.3 Å². The summed E-state index contributed by atoms with van der Waals surface area (Å²) in [5.74, 6) is 0. The quantitative estimate of drug-likeness (QED) is 0.804. The van der Waals surface area contributed by atoms with Crippen LogP contribution in [-0.2, 0) is 25.6 Å². The summed E-state index contributed by atoms with van der Waals surface area (Å²) in [5, 5.41) is 13.0. The number of aliphatic hydroxyl groups excluding tert-OH is 1. The van der Waals surface area contributed by atoms with Crippen LogP contribution in [0.3, 0.4) is 0 Å². The fourth-order valence-corrected chi connectivity index (χ4v) is 2.16. The lowest BCUT2D eigenvalue weighted by molar-refractivity contribution is -0.142. The summed E-state index contributed by atoms with van der Waals surface area (Å²) in [6.45, 7) is 2.19. The molecule has 0 saturated heterocycles. The minimum absolute atomic E-state index is 0.0597. The summed E-state index contributed by atoms with van der Waals surface area (Å²) in [6.07, 6.45) is -4.07. The van der Waals surface area contributed by atoms with Gasteiger partial charge in [-0.15, -0.1) is 0 Å². The van der Waals surface area contributed by atoms with E-state index in [-0.39, 0.29) is 12.0 Å². The number of aryl methyl sites for hydroxylation is 1. The van der Waals surface area contributed by atoms with Crippen LogP contribution in [0.2, 0.25) is 0 Å². The Morgan fingerprint density at radius 3 is 2.75 bits per heavy atom. The van der Waals surface area contributed by atoms with Gasteiger partial charge in [0.2, 0.25) is 0 Å². The molecular formula is C10H13F3N2O. The zero-order valence-corrected chi connectivity index (χ0v) is 8.88. The minimum atomic E-state index is -4.43. The topological polar surface area (TPSA) is 38.0 Å². The monoisotopic (exact) mass is 234 g/mol. The van der Waals surface area contributed by atoms with Gasteiger partial charge in [0.25, 0.3) is 0 Å². The molecule has 2 rings (SSSR count). The van der Waals surface area contributed by atoms with Crippen LogP contribution in [0.5, 0.6) is 0 Å². The van der Waals surface area contributed by atoms with Crippen molar-refractivity contribution in [3.63, 3.8) is 0 Å². The van der Waals surface area contributed by atoms with Crippen LogP contribution >= 0.6 is 0 Å². The lowest BCUT2D eigenvalue weighted by Gasteiger charge is -2.19. The zero-order valence-electron chi connectivity index (χ0n) is 8.88. The molecule has 0 aromatic carbocycles.